The topological polar surface area (TPSA) is 49.4 Å². The number of nitrogens with one attached hydrogen (secondary N) is 1. The summed E-state index contributed by atoms with van der Waals surface area (Å²) in [5.74, 6) is 0.238. The summed E-state index contributed by atoms with van der Waals surface area (Å²) in [6, 6.07) is 28.7. The minimum atomic E-state index is -0.491. The highest BCUT2D eigenvalue weighted by Gasteiger charge is 2.42. The quantitative estimate of drug-likeness (QED) is 0.569. The largest absolute Gasteiger partial charge is 0.356 e. The van der Waals surface area contributed by atoms with Crippen LogP contribution in [0.15, 0.2) is 84.9 Å². The Hall–Kier alpha value is -3.40. The number of carbonyl (C=O) groups excluding carboxylic acids is 2. The van der Waals surface area contributed by atoms with Gasteiger partial charge in [-0.05, 0) is 48.4 Å². The van der Waals surface area contributed by atoms with Gasteiger partial charge in [-0.25, -0.2) is 0 Å². The Bertz CT molecular complexity index is 1070. The van der Waals surface area contributed by atoms with Crippen molar-refractivity contribution in [3.63, 3.8) is 0 Å². The van der Waals surface area contributed by atoms with Gasteiger partial charge in [0.2, 0.25) is 11.8 Å². The molecule has 0 saturated carbocycles. The average Bonchev–Trinajstić information content (AvgIpc) is 2.86. The number of benzene rings is 3. The lowest BCUT2D eigenvalue weighted by molar-refractivity contribution is -0.140. The molecule has 1 aliphatic heterocycles. The van der Waals surface area contributed by atoms with Gasteiger partial charge in [-0.1, -0.05) is 84.9 Å². The first-order valence-electron chi connectivity index (χ1n) is 11.8. The lowest BCUT2D eigenvalue weighted by Crippen LogP contribution is -2.51. The smallest absolute Gasteiger partial charge is 0.226 e. The number of nitrogens with zero attached hydrogens (tertiary/aromatic N) is 1. The van der Waals surface area contributed by atoms with Crippen LogP contribution in [0.5, 0.6) is 0 Å². The van der Waals surface area contributed by atoms with Crippen molar-refractivity contribution >= 4 is 11.8 Å². The lowest BCUT2D eigenvalue weighted by atomic mass is 9.72. The number of likely N-dealkylation sites (tertiary alicyclic amines) is 1. The van der Waals surface area contributed by atoms with Gasteiger partial charge < -0.3 is 10.2 Å². The summed E-state index contributed by atoms with van der Waals surface area (Å²) in [5, 5.41) is 3.06. The maximum absolute atomic E-state index is 13.2. The van der Waals surface area contributed by atoms with Crippen LogP contribution in [0.3, 0.4) is 0 Å². The van der Waals surface area contributed by atoms with Crippen molar-refractivity contribution in [3.05, 3.63) is 96.1 Å². The molecule has 4 nitrogen and oxygen atoms in total. The molecule has 2 amide bonds. The van der Waals surface area contributed by atoms with Crippen LogP contribution in [0.4, 0.5) is 0 Å². The number of hydrogen-bond acceptors (Lipinski definition) is 2. The van der Waals surface area contributed by atoms with Crippen molar-refractivity contribution in [2.24, 2.45) is 5.41 Å². The molecular formula is C29H32N2O2. The Morgan fingerprint density at radius 1 is 0.818 bits per heavy atom. The average molecular weight is 441 g/mol. The molecule has 0 radical (unpaired) electrons. The van der Waals surface area contributed by atoms with E-state index in [0.29, 0.717) is 45.3 Å². The molecule has 3 aromatic carbocycles. The highest BCUT2D eigenvalue weighted by molar-refractivity contribution is 5.84. The van der Waals surface area contributed by atoms with Crippen LogP contribution in [0.25, 0.3) is 11.1 Å². The molecule has 170 valence electrons. The number of hydrogen-bond donors (Lipinski definition) is 1. The second-order valence-electron chi connectivity index (χ2n) is 8.93. The van der Waals surface area contributed by atoms with Crippen molar-refractivity contribution in [2.75, 3.05) is 19.6 Å². The Morgan fingerprint density at radius 3 is 2.09 bits per heavy atom. The summed E-state index contributed by atoms with van der Waals surface area (Å²) in [5.41, 5.74) is 4.03. The molecule has 0 spiro atoms. The maximum atomic E-state index is 13.2. The molecule has 33 heavy (non-hydrogen) atoms. The molecule has 0 atom stereocenters. The van der Waals surface area contributed by atoms with Crippen molar-refractivity contribution in [1.82, 2.24) is 10.2 Å². The molecule has 4 rings (SSSR count). The van der Waals surface area contributed by atoms with E-state index < -0.39 is 5.41 Å². The highest BCUT2D eigenvalue weighted by atomic mass is 16.2. The van der Waals surface area contributed by atoms with Crippen molar-refractivity contribution in [2.45, 2.75) is 32.6 Å². The van der Waals surface area contributed by atoms with E-state index in [-0.39, 0.29) is 11.8 Å². The van der Waals surface area contributed by atoms with E-state index in [4.69, 9.17) is 0 Å². The normalized spacial score (nSPS) is 15.1. The molecule has 1 aliphatic rings. The number of amides is 2. The van der Waals surface area contributed by atoms with Crippen LogP contribution >= 0.6 is 0 Å². The van der Waals surface area contributed by atoms with Gasteiger partial charge in [0.05, 0.1) is 11.8 Å². The van der Waals surface area contributed by atoms with E-state index in [9.17, 15) is 9.59 Å². The van der Waals surface area contributed by atoms with Crippen molar-refractivity contribution < 1.29 is 9.59 Å². The fraction of sp³-hybridized carbons (Fsp3) is 0.310. The zero-order valence-corrected chi connectivity index (χ0v) is 19.3. The molecule has 0 aliphatic carbocycles. The van der Waals surface area contributed by atoms with Crippen LogP contribution in [-0.4, -0.2) is 36.3 Å². The van der Waals surface area contributed by atoms with E-state index in [1.165, 1.54) is 5.56 Å². The molecule has 1 saturated heterocycles. The second kappa shape index (κ2) is 10.5. The van der Waals surface area contributed by atoms with E-state index in [1.807, 2.05) is 60.4 Å². The fourth-order valence-corrected chi connectivity index (χ4v) is 4.78. The zero-order valence-electron chi connectivity index (χ0n) is 19.3. The second-order valence-corrected chi connectivity index (χ2v) is 8.93. The summed E-state index contributed by atoms with van der Waals surface area (Å²) < 4.78 is 0. The molecule has 3 aromatic rings. The van der Waals surface area contributed by atoms with Crippen molar-refractivity contribution in [1.29, 1.82) is 0 Å². The zero-order chi connectivity index (χ0) is 23.1. The van der Waals surface area contributed by atoms with Crippen LogP contribution in [0, 0.1) is 5.41 Å². The van der Waals surface area contributed by atoms with Gasteiger partial charge in [-0.3, -0.25) is 9.59 Å². The van der Waals surface area contributed by atoms with E-state index >= 15 is 0 Å². The number of piperidine rings is 1. The minimum Gasteiger partial charge on any atom is -0.356 e. The standard InChI is InChI=1S/C29H32N2O2/c1-2-30-28(33)29(22-24-12-9-15-26(20-24)25-13-7-4-8-14-25)16-18-31(19-17-29)27(32)21-23-10-5-3-6-11-23/h3-15,20H,2,16-19,21-22H2,1H3,(H,30,33). The monoisotopic (exact) mass is 440 g/mol. The lowest BCUT2D eigenvalue weighted by Gasteiger charge is -2.41. The van der Waals surface area contributed by atoms with Crippen molar-refractivity contribution in [3.8, 4) is 11.1 Å². The van der Waals surface area contributed by atoms with Gasteiger partial charge in [0.15, 0.2) is 0 Å². The Labute approximate surface area is 196 Å². The first kappa shape index (κ1) is 22.8. The SMILES string of the molecule is CCNC(=O)C1(Cc2cccc(-c3ccccc3)c2)CCN(C(=O)Cc2ccccc2)CC1. The first-order chi connectivity index (χ1) is 16.1. The Balaban J connectivity index is 1.49. The predicted molar refractivity (Wildman–Crippen MR) is 133 cm³/mol. The van der Waals surface area contributed by atoms with Crippen LogP contribution in [-0.2, 0) is 22.4 Å². The maximum Gasteiger partial charge on any atom is 0.226 e. The number of rotatable bonds is 7. The summed E-state index contributed by atoms with van der Waals surface area (Å²) in [7, 11) is 0. The van der Waals surface area contributed by atoms with Gasteiger partial charge in [0, 0.05) is 19.6 Å². The van der Waals surface area contributed by atoms with Gasteiger partial charge >= 0.3 is 0 Å². The Morgan fingerprint density at radius 2 is 1.42 bits per heavy atom. The fourth-order valence-electron chi connectivity index (χ4n) is 4.78. The highest BCUT2D eigenvalue weighted by Crippen LogP contribution is 2.36. The summed E-state index contributed by atoms with van der Waals surface area (Å²) in [6.45, 7) is 3.80. The summed E-state index contributed by atoms with van der Waals surface area (Å²) >= 11 is 0. The van der Waals surface area contributed by atoms with Gasteiger partial charge in [0.1, 0.15) is 0 Å². The number of carbonyl (C=O) groups is 2. The molecular weight excluding hydrogens is 408 g/mol. The summed E-state index contributed by atoms with van der Waals surface area (Å²) in [4.78, 5) is 28.0. The molecule has 0 aromatic heterocycles. The molecule has 4 heteroatoms. The molecule has 1 N–H and O–H groups in total. The van der Waals surface area contributed by atoms with E-state index in [2.05, 4.69) is 41.7 Å². The van der Waals surface area contributed by atoms with Crippen LogP contribution < -0.4 is 5.32 Å². The van der Waals surface area contributed by atoms with Gasteiger partial charge in [-0.2, -0.15) is 0 Å². The third-order valence-electron chi connectivity index (χ3n) is 6.67. The van der Waals surface area contributed by atoms with Gasteiger partial charge in [-0.15, -0.1) is 0 Å². The third-order valence-corrected chi connectivity index (χ3v) is 6.67. The first-order valence-corrected chi connectivity index (χ1v) is 11.8. The molecule has 1 heterocycles. The molecule has 0 bridgehead atoms. The molecule has 0 unspecified atom stereocenters. The Kier molecular flexibility index (Phi) is 7.23. The minimum absolute atomic E-state index is 0.102. The van der Waals surface area contributed by atoms with Gasteiger partial charge in [0.25, 0.3) is 0 Å². The third kappa shape index (κ3) is 5.51. The van der Waals surface area contributed by atoms with E-state index in [1.54, 1.807) is 0 Å². The van der Waals surface area contributed by atoms with E-state index in [0.717, 1.165) is 16.7 Å². The van der Waals surface area contributed by atoms with Crippen LogP contribution in [0.1, 0.15) is 30.9 Å². The summed E-state index contributed by atoms with van der Waals surface area (Å²) in [6.07, 6.45) is 2.44. The molecule has 1 fully saturated rings. The van der Waals surface area contributed by atoms with Crippen LogP contribution in [0.2, 0.25) is 0 Å². The predicted octanol–water partition coefficient (Wildman–Crippen LogP) is 4.88.